The van der Waals surface area contributed by atoms with Gasteiger partial charge in [0.1, 0.15) is 0 Å². The smallest absolute Gasteiger partial charge is 0.324 e. The summed E-state index contributed by atoms with van der Waals surface area (Å²) in [5.41, 5.74) is 0.780. The first kappa shape index (κ1) is 17.5. The maximum atomic E-state index is 12.6. The molecule has 5 nitrogen and oxygen atoms in total. The van der Waals surface area contributed by atoms with E-state index >= 15 is 0 Å². The molecule has 4 rings (SSSR count). The molecule has 7 heteroatoms. The van der Waals surface area contributed by atoms with E-state index in [0.717, 1.165) is 10.6 Å². The van der Waals surface area contributed by atoms with Crippen LogP contribution < -0.4 is 0 Å². The van der Waals surface area contributed by atoms with Crippen LogP contribution in [0.15, 0.2) is 70.9 Å². The Balaban J connectivity index is 1.52. The first-order chi connectivity index (χ1) is 13.1. The summed E-state index contributed by atoms with van der Waals surface area (Å²) in [5.74, 6) is -1.28. The molecule has 2 aromatic carbocycles. The molecule has 1 aliphatic heterocycles. The molecule has 1 aliphatic rings. The molecule has 0 saturated carbocycles. The topological polar surface area (TPSA) is 63.7 Å². The number of carbonyl (C=O) groups excluding carboxylic acids is 3. The molecule has 0 aliphatic carbocycles. The van der Waals surface area contributed by atoms with E-state index in [9.17, 15) is 14.4 Å². The van der Waals surface area contributed by atoms with E-state index in [1.54, 1.807) is 35.6 Å². The number of imide groups is 1. The summed E-state index contributed by atoms with van der Waals surface area (Å²) in [6.07, 6.45) is 0. The predicted molar refractivity (Wildman–Crippen MR) is 103 cm³/mol. The standard InChI is InChI=1S/C20H13NO4S2/c22-18-14-7-1-2-8-15(14)19(23)21(18)25-20(24)16-9-3-4-10-17(16)27-12-13-6-5-11-26-13/h1-11H,12H2. The van der Waals surface area contributed by atoms with Crippen molar-refractivity contribution in [1.82, 2.24) is 5.06 Å². The zero-order chi connectivity index (χ0) is 18.8. The van der Waals surface area contributed by atoms with Gasteiger partial charge in [0.2, 0.25) is 0 Å². The van der Waals surface area contributed by atoms with Crippen molar-refractivity contribution in [3.05, 3.63) is 87.6 Å². The highest BCUT2D eigenvalue weighted by Crippen LogP contribution is 2.29. The van der Waals surface area contributed by atoms with Gasteiger partial charge in [0.25, 0.3) is 11.8 Å². The highest BCUT2D eigenvalue weighted by atomic mass is 32.2. The molecule has 3 aromatic rings. The highest BCUT2D eigenvalue weighted by Gasteiger charge is 2.39. The third-order valence-electron chi connectivity index (χ3n) is 3.99. The molecular formula is C20H13NO4S2. The summed E-state index contributed by atoms with van der Waals surface area (Å²) < 4.78 is 0. The van der Waals surface area contributed by atoms with Crippen molar-refractivity contribution in [3.8, 4) is 0 Å². The van der Waals surface area contributed by atoms with E-state index in [4.69, 9.17) is 4.84 Å². The maximum absolute atomic E-state index is 12.6. The fourth-order valence-electron chi connectivity index (χ4n) is 2.69. The number of carbonyl (C=O) groups is 3. The Morgan fingerprint density at radius 3 is 2.26 bits per heavy atom. The van der Waals surface area contributed by atoms with Crippen molar-refractivity contribution in [2.24, 2.45) is 0 Å². The van der Waals surface area contributed by atoms with Crippen molar-refractivity contribution in [1.29, 1.82) is 0 Å². The van der Waals surface area contributed by atoms with Crippen molar-refractivity contribution in [2.75, 3.05) is 0 Å². The number of hydrogen-bond donors (Lipinski definition) is 0. The lowest BCUT2D eigenvalue weighted by molar-refractivity contribution is -0.0586. The summed E-state index contributed by atoms with van der Waals surface area (Å²) in [5, 5.41) is 2.53. The lowest BCUT2D eigenvalue weighted by Crippen LogP contribution is -2.32. The lowest BCUT2D eigenvalue weighted by atomic mass is 10.1. The summed E-state index contributed by atoms with van der Waals surface area (Å²) in [4.78, 5) is 44.5. The van der Waals surface area contributed by atoms with Gasteiger partial charge in [0.15, 0.2) is 0 Å². The van der Waals surface area contributed by atoms with Gasteiger partial charge >= 0.3 is 5.97 Å². The van der Waals surface area contributed by atoms with Crippen molar-refractivity contribution >= 4 is 40.9 Å². The molecule has 0 radical (unpaired) electrons. The Hall–Kier alpha value is -2.90. The minimum atomic E-state index is -0.737. The second-order valence-electron chi connectivity index (χ2n) is 5.69. The van der Waals surface area contributed by atoms with Crippen LogP contribution in [-0.2, 0) is 10.6 Å². The van der Waals surface area contributed by atoms with E-state index in [0.29, 0.717) is 10.6 Å². The van der Waals surface area contributed by atoms with E-state index in [-0.39, 0.29) is 11.1 Å². The van der Waals surface area contributed by atoms with Gasteiger partial charge in [-0.2, -0.15) is 0 Å². The molecule has 134 valence electrons. The number of thiophene rings is 1. The van der Waals surface area contributed by atoms with Crippen LogP contribution in [0.4, 0.5) is 0 Å². The predicted octanol–water partition coefficient (Wildman–Crippen LogP) is 4.41. The number of nitrogens with zero attached hydrogens (tertiary/aromatic N) is 1. The van der Waals surface area contributed by atoms with Crippen LogP contribution in [-0.4, -0.2) is 22.8 Å². The summed E-state index contributed by atoms with van der Waals surface area (Å²) in [6, 6.07) is 17.4. The Kier molecular flexibility index (Phi) is 4.79. The van der Waals surface area contributed by atoms with Crippen LogP contribution in [0.3, 0.4) is 0 Å². The first-order valence-electron chi connectivity index (χ1n) is 8.09. The molecule has 0 saturated heterocycles. The maximum Gasteiger partial charge on any atom is 0.365 e. The van der Waals surface area contributed by atoms with E-state index in [2.05, 4.69) is 0 Å². The van der Waals surface area contributed by atoms with Gasteiger partial charge in [-0.1, -0.05) is 35.4 Å². The molecule has 0 bridgehead atoms. The molecule has 0 unspecified atom stereocenters. The molecule has 0 fully saturated rings. The Bertz CT molecular complexity index is 995. The number of hydroxylamine groups is 2. The van der Waals surface area contributed by atoms with E-state index < -0.39 is 17.8 Å². The van der Waals surface area contributed by atoms with E-state index in [1.165, 1.54) is 28.8 Å². The van der Waals surface area contributed by atoms with Crippen LogP contribution in [0.5, 0.6) is 0 Å². The number of thioether (sulfide) groups is 1. The summed E-state index contributed by atoms with van der Waals surface area (Å²) in [7, 11) is 0. The number of fused-ring (bicyclic) bond motifs is 1. The minimum Gasteiger partial charge on any atom is -0.324 e. The molecule has 0 spiro atoms. The highest BCUT2D eigenvalue weighted by molar-refractivity contribution is 7.98. The van der Waals surface area contributed by atoms with Gasteiger partial charge in [-0.05, 0) is 35.7 Å². The quantitative estimate of drug-likeness (QED) is 0.473. The van der Waals surface area contributed by atoms with Crippen LogP contribution >= 0.6 is 23.1 Å². The normalized spacial score (nSPS) is 13.0. The van der Waals surface area contributed by atoms with Crippen LogP contribution in [0.25, 0.3) is 0 Å². The molecule has 27 heavy (non-hydrogen) atoms. The fourth-order valence-corrected chi connectivity index (χ4v) is 4.50. The number of hydrogen-bond acceptors (Lipinski definition) is 6. The average Bonchev–Trinajstić information content (AvgIpc) is 3.30. The van der Waals surface area contributed by atoms with Gasteiger partial charge < -0.3 is 4.84 Å². The number of amides is 2. The largest absolute Gasteiger partial charge is 0.365 e. The summed E-state index contributed by atoms with van der Waals surface area (Å²) >= 11 is 3.14. The Labute approximate surface area is 163 Å². The number of rotatable bonds is 5. The van der Waals surface area contributed by atoms with Crippen molar-refractivity contribution < 1.29 is 19.2 Å². The first-order valence-corrected chi connectivity index (χ1v) is 9.96. The van der Waals surface area contributed by atoms with Gasteiger partial charge in [-0.15, -0.1) is 23.1 Å². The van der Waals surface area contributed by atoms with Crippen molar-refractivity contribution in [2.45, 2.75) is 10.6 Å². The monoisotopic (exact) mass is 395 g/mol. The molecule has 0 N–H and O–H groups in total. The van der Waals surface area contributed by atoms with Crippen LogP contribution in [0.1, 0.15) is 36.0 Å². The van der Waals surface area contributed by atoms with Crippen LogP contribution in [0, 0.1) is 0 Å². The second-order valence-corrected chi connectivity index (χ2v) is 7.74. The van der Waals surface area contributed by atoms with Gasteiger partial charge in [-0.3, -0.25) is 9.59 Å². The fraction of sp³-hybridized carbons (Fsp3) is 0.0500. The Morgan fingerprint density at radius 1 is 0.926 bits per heavy atom. The second kappa shape index (κ2) is 7.38. The van der Waals surface area contributed by atoms with Gasteiger partial charge in [0, 0.05) is 15.5 Å². The molecular weight excluding hydrogens is 382 g/mol. The summed E-state index contributed by atoms with van der Waals surface area (Å²) in [6.45, 7) is 0. The average molecular weight is 395 g/mol. The molecule has 2 amide bonds. The zero-order valence-corrected chi connectivity index (χ0v) is 15.6. The number of benzene rings is 2. The van der Waals surface area contributed by atoms with E-state index in [1.807, 2.05) is 29.6 Å². The lowest BCUT2D eigenvalue weighted by Gasteiger charge is -2.14. The Morgan fingerprint density at radius 2 is 1.59 bits per heavy atom. The third-order valence-corrected chi connectivity index (χ3v) is 6.17. The third kappa shape index (κ3) is 3.39. The van der Waals surface area contributed by atoms with Gasteiger partial charge in [0.05, 0.1) is 16.7 Å². The molecule has 2 heterocycles. The molecule has 1 aromatic heterocycles. The molecule has 0 atom stereocenters. The minimum absolute atomic E-state index is 0.232. The van der Waals surface area contributed by atoms with Crippen LogP contribution in [0.2, 0.25) is 0 Å². The SMILES string of the molecule is O=C(ON1C(=O)c2ccccc2C1=O)c1ccccc1SCc1cccs1. The van der Waals surface area contributed by atoms with Crippen molar-refractivity contribution in [3.63, 3.8) is 0 Å². The zero-order valence-electron chi connectivity index (χ0n) is 14.0. The van der Waals surface area contributed by atoms with Gasteiger partial charge in [-0.25, -0.2) is 4.79 Å².